The minimum Gasteiger partial charge on any atom is -0.366 e. The van der Waals surface area contributed by atoms with Crippen LogP contribution in [0.1, 0.15) is 17.0 Å². The van der Waals surface area contributed by atoms with Crippen molar-refractivity contribution in [1.82, 2.24) is 15.6 Å². The van der Waals surface area contributed by atoms with Crippen LogP contribution in [0.3, 0.4) is 0 Å². The molecule has 0 radical (unpaired) electrons. The first kappa shape index (κ1) is 15.8. The van der Waals surface area contributed by atoms with Gasteiger partial charge in [0.05, 0.1) is 0 Å². The van der Waals surface area contributed by atoms with Crippen LogP contribution < -0.4 is 10.6 Å². The first-order valence-corrected chi connectivity index (χ1v) is 8.25. The maximum absolute atomic E-state index is 6.45. The van der Waals surface area contributed by atoms with Crippen molar-refractivity contribution in [3.63, 3.8) is 0 Å². The average Bonchev–Trinajstić information content (AvgIpc) is 3.00. The maximum Gasteiger partial charge on any atom is 0.166 e. The molecule has 0 amide bonds. The van der Waals surface area contributed by atoms with Crippen molar-refractivity contribution in [1.29, 1.82) is 0 Å². The molecule has 23 heavy (non-hydrogen) atoms. The third kappa shape index (κ3) is 3.33. The van der Waals surface area contributed by atoms with E-state index >= 15 is 0 Å². The third-order valence-corrected chi connectivity index (χ3v) is 4.66. The summed E-state index contributed by atoms with van der Waals surface area (Å²) in [6, 6.07) is 16.2. The highest BCUT2D eigenvalue weighted by Crippen LogP contribution is 2.33. The summed E-state index contributed by atoms with van der Waals surface area (Å²) in [5.74, 6) is 0.103. The van der Waals surface area contributed by atoms with Crippen molar-refractivity contribution in [2.24, 2.45) is 0 Å². The fourth-order valence-electron chi connectivity index (χ4n) is 2.81. The number of aromatic nitrogens is 1. The molecule has 2 aromatic carbocycles. The molecule has 0 aliphatic rings. The van der Waals surface area contributed by atoms with Gasteiger partial charge in [0, 0.05) is 41.6 Å². The van der Waals surface area contributed by atoms with Gasteiger partial charge in [0.2, 0.25) is 0 Å². The number of hydrogen-bond acceptors (Lipinski definition) is 1. The molecule has 3 rings (SSSR count). The van der Waals surface area contributed by atoms with Gasteiger partial charge >= 0.3 is 0 Å². The lowest BCUT2D eigenvalue weighted by Crippen LogP contribution is -2.35. The number of rotatable bonds is 4. The van der Waals surface area contributed by atoms with Crippen LogP contribution in [-0.2, 0) is 0 Å². The van der Waals surface area contributed by atoms with E-state index in [2.05, 4.69) is 46.1 Å². The Morgan fingerprint density at radius 3 is 2.65 bits per heavy atom. The lowest BCUT2D eigenvalue weighted by molar-refractivity contribution is 0.755. The second-order valence-electron chi connectivity index (χ2n) is 5.32. The summed E-state index contributed by atoms with van der Waals surface area (Å²) in [4.78, 5) is 3.34. The van der Waals surface area contributed by atoms with E-state index in [4.69, 9.17) is 23.8 Å². The van der Waals surface area contributed by atoms with E-state index < -0.39 is 0 Å². The molecule has 0 bridgehead atoms. The highest BCUT2D eigenvalue weighted by Gasteiger charge is 2.20. The number of thiocarbonyl (C=S) groups is 1. The minimum atomic E-state index is 0.103. The van der Waals surface area contributed by atoms with Crippen LogP contribution in [0.5, 0.6) is 0 Å². The van der Waals surface area contributed by atoms with Crippen molar-refractivity contribution in [2.75, 3.05) is 13.6 Å². The molecule has 5 heteroatoms. The Morgan fingerprint density at radius 1 is 1.13 bits per heavy atom. The molecule has 0 saturated carbocycles. The lowest BCUT2D eigenvalue weighted by atomic mass is 9.91. The van der Waals surface area contributed by atoms with Gasteiger partial charge in [0.1, 0.15) is 0 Å². The monoisotopic (exact) mass is 343 g/mol. The summed E-state index contributed by atoms with van der Waals surface area (Å²) in [5, 5.41) is 8.80. The summed E-state index contributed by atoms with van der Waals surface area (Å²) in [5.41, 5.74) is 3.42. The molecule has 3 nitrogen and oxygen atoms in total. The van der Waals surface area contributed by atoms with Crippen LogP contribution in [0, 0.1) is 0 Å². The van der Waals surface area contributed by atoms with Gasteiger partial charge in [-0.2, -0.15) is 0 Å². The Balaban J connectivity index is 2.04. The van der Waals surface area contributed by atoms with E-state index in [1.807, 2.05) is 31.3 Å². The highest BCUT2D eigenvalue weighted by molar-refractivity contribution is 7.80. The third-order valence-electron chi connectivity index (χ3n) is 3.97. The molecule has 3 N–H and O–H groups in total. The summed E-state index contributed by atoms with van der Waals surface area (Å²) in [6.45, 7) is 0.672. The first-order chi connectivity index (χ1) is 11.2. The molecule has 118 valence electrons. The topological polar surface area (TPSA) is 39.8 Å². The van der Waals surface area contributed by atoms with E-state index in [1.54, 1.807) is 0 Å². The molecular formula is C18H18ClN3S. The van der Waals surface area contributed by atoms with Crippen LogP contribution in [0.15, 0.2) is 54.7 Å². The van der Waals surface area contributed by atoms with Crippen LogP contribution in [-0.4, -0.2) is 23.7 Å². The first-order valence-electron chi connectivity index (χ1n) is 7.46. The summed E-state index contributed by atoms with van der Waals surface area (Å²) >= 11 is 11.7. The number of halogens is 1. The Bertz CT molecular complexity index is 828. The Morgan fingerprint density at radius 2 is 1.87 bits per heavy atom. The van der Waals surface area contributed by atoms with Crippen molar-refractivity contribution in [3.8, 4) is 0 Å². The quantitative estimate of drug-likeness (QED) is 0.626. The average molecular weight is 344 g/mol. The largest absolute Gasteiger partial charge is 0.366 e. The molecule has 1 heterocycles. The fourth-order valence-corrected chi connectivity index (χ4v) is 3.16. The van der Waals surface area contributed by atoms with E-state index in [0.29, 0.717) is 11.7 Å². The summed E-state index contributed by atoms with van der Waals surface area (Å²) in [6.07, 6.45) is 2.06. The molecule has 1 aromatic heterocycles. The second-order valence-corrected chi connectivity index (χ2v) is 6.14. The molecule has 0 aliphatic heterocycles. The molecule has 0 fully saturated rings. The Hall–Kier alpha value is -2.04. The summed E-state index contributed by atoms with van der Waals surface area (Å²) in [7, 11) is 1.81. The van der Waals surface area contributed by atoms with Crippen LogP contribution >= 0.6 is 23.8 Å². The van der Waals surface area contributed by atoms with Crippen LogP contribution in [0.25, 0.3) is 10.9 Å². The zero-order valence-electron chi connectivity index (χ0n) is 12.8. The molecule has 0 spiro atoms. The molecule has 0 saturated heterocycles. The fraction of sp³-hybridized carbons (Fsp3) is 0.167. The predicted octanol–water partition coefficient (Wildman–Crippen LogP) is 4.05. The molecule has 0 unspecified atom stereocenters. The van der Waals surface area contributed by atoms with E-state index in [1.165, 1.54) is 10.9 Å². The number of aromatic amines is 1. The normalized spacial score (nSPS) is 12.1. The van der Waals surface area contributed by atoms with Crippen molar-refractivity contribution >= 4 is 39.8 Å². The van der Waals surface area contributed by atoms with E-state index in [-0.39, 0.29) is 5.92 Å². The van der Waals surface area contributed by atoms with E-state index in [9.17, 15) is 0 Å². The second kappa shape index (κ2) is 7.02. The smallest absolute Gasteiger partial charge is 0.166 e. The zero-order valence-corrected chi connectivity index (χ0v) is 14.3. The number of para-hydroxylation sites is 1. The predicted molar refractivity (Wildman–Crippen MR) is 101 cm³/mol. The van der Waals surface area contributed by atoms with Gasteiger partial charge in [-0.25, -0.2) is 0 Å². The summed E-state index contributed by atoms with van der Waals surface area (Å²) < 4.78 is 0. The van der Waals surface area contributed by atoms with Gasteiger partial charge in [-0.05, 0) is 35.5 Å². The molecule has 0 aliphatic carbocycles. The molecule has 3 aromatic rings. The number of hydrogen-bond donors (Lipinski definition) is 3. The Labute approximate surface area is 146 Å². The lowest BCUT2D eigenvalue weighted by Gasteiger charge is -2.20. The van der Waals surface area contributed by atoms with E-state index in [0.717, 1.165) is 16.1 Å². The van der Waals surface area contributed by atoms with Gasteiger partial charge in [0.25, 0.3) is 0 Å². The Kier molecular flexibility index (Phi) is 4.84. The SMILES string of the molecule is CNC(=S)NC[C@@H](c1ccccc1Cl)c1c[nH]c2ccccc12. The number of benzene rings is 2. The van der Waals surface area contributed by atoms with Crippen molar-refractivity contribution < 1.29 is 0 Å². The molecule has 1 atom stereocenters. The van der Waals surface area contributed by atoms with Gasteiger partial charge < -0.3 is 15.6 Å². The highest BCUT2D eigenvalue weighted by atomic mass is 35.5. The van der Waals surface area contributed by atoms with Gasteiger partial charge in [-0.1, -0.05) is 48.0 Å². The minimum absolute atomic E-state index is 0.103. The number of fused-ring (bicyclic) bond motifs is 1. The van der Waals surface area contributed by atoms with Gasteiger partial charge in [-0.15, -0.1) is 0 Å². The van der Waals surface area contributed by atoms with Gasteiger partial charge in [-0.3, -0.25) is 0 Å². The van der Waals surface area contributed by atoms with Crippen molar-refractivity contribution in [2.45, 2.75) is 5.92 Å². The molecular weight excluding hydrogens is 326 g/mol. The standard InChI is InChI=1S/C18H18ClN3S/c1-20-18(23)22-11-14(12-6-2-4-8-16(12)19)15-10-21-17-9-5-3-7-13(15)17/h2-10,14,21H,11H2,1H3,(H2,20,22,23)/t14-/m0/s1. The van der Waals surface area contributed by atoms with Gasteiger partial charge in [0.15, 0.2) is 5.11 Å². The maximum atomic E-state index is 6.45. The van der Waals surface area contributed by atoms with Crippen LogP contribution in [0.4, 0.5) is 0 Å². The zero-order chi connectivity index (χ0) is 16.2. The number of nitrogens with one attached hydrogen (secondary N) is 3. The number of H-pyrrole nitrogens is 1. The van der Waals surface area contributed by atoms with Crippen molar-refractivity contribution in [3.05, 3.63) is 70.9 Å². The van der Waals surface area contributed by atoms with Crippen LogP contribution in [0.2, 0.25) is 5.02 Å².